The van der Waals surface area contributed by atoms with E-state index in [1.807, 2.05) is 6.07 Å². The Morgan fingerprint density at radius 2 is 2.00 bits per heavy atom. The first kappa shape index (κ1) is 22.0. The number of hydrazone groups is 1. The largest absolute Gasteiger partial charge is 0.493 e. The number of amides is 1. The number of nitrogens with zero attached hydrogens (tertiary/aromatic N) is 3. The number of hydrogen-bond donors (Lipinski definition) is 0. The van der Waals surface area contributed by atoms with Crippen molar-refractivity contribution in [2.24, 2.45) is 5.10 Å². The number of aryl methyl sites for hydroxylation is 1. The molecular weight excluding hydrogens is 474 g/mol. The van der Waals surface area contributed by atoms with Gasteiger partial charge in [0.2, 0.25) is 5.13 Å². The highest BCUT2D eigenvalue weighted by Gasteiger charge is 2.32. The predicted molar refractivity (Wildman–Crippen MR) is 119 cm³/mol. The predicted octanol–water partition coefficient (Wildman–Crippen LogP) is 4.21. The van der Waals surface area contributed by atoms with Crippen LogP contribution in [0.25, 0.3) is 6.08 Å². The summed E-state index contributed by atoms with van der Waals surface area (Å²) in [6.45, 7) is 5.43. The van der Waals surface area contributed by atoms with Gasteiger partial charge in [0.15, 0.2) is 11.5 Å². The van der Waals surface area contributed by atoms with Crippen LogP contribution < -0.4 is 14.5 Å². The second-order valence-corrected chi connectivity index (χ2v) is 8.06. The van der Waals surface area contributed by atoms with Crippen LogP contribution in [-0.4, -0.2) is 43.4 Å². The van der Waals surface area contributed by atoms with Gasteiger partial charge in [0.05, 0.1) is 42.3 Å². The standard InChI is InChI=1S/C20H20BrN3O5S/c1-6-29-19(26)17-11(3)22-20(30-17)24-18(25)13(10(2)23-24)7-12-8-14(21)16(28-5)15(9-12)27-4/h7-9H,6H2,1-5H3/b13-7+. The molecule has 1 aliphatic rings. The summed E-state index contributed by atoms with van der Waals surface area (Å²) in [6.07, 6.45) is 1.72. The highest BCUT2D eigenvalue weighted by molar-refractivity contribution is 9.10. The molecule has 0 atom stereocenters. The highest BCUT2D eigenvalue weighted by atomic mass is 79.9. The molecule has 8 nitrogen and oxygen atoms in total. The number of anilines is 1. The van der Waals surface area contributed by atoms with E-state index in [0.717, 1.165) is 16.9 Å². The summed E-state index contributed by atoms with van der Waals surface area (Å²) in [4.78, 5) is 29.8. The summed E-state index contributed by atoms with van der Waals surface area (Å²) in [7, 11) is 3.10. The van der Waals surface area contributed by atoms with Crippen molar-refractivity contribution in [3.63, 3.8) is 0 Å². The zero-order valence-corrected chi connectivity index (χ0v) is 19.5. The molecule has 2 heterocycles. The molecule has 10 heteroatoms. The molecule has 0 saturated heterocycles. The molecule has 0 saturated carbocycles. The van der Waals surface area contributed by atoms with Crippen LogP contribution in [0.1, 0.15) is 34.8 Å². The fourth-order valence-corrected chi connectivity index (χ4v) is 4.39. The molecule has 1 aromatic carbocycles. The van der Waals surface area contributed by atoms with Crippen LogP contribution in [0, 0.1) is 6.92 Å². The quantitative estimate of drug-likeness (QED) is 0.442. The van der Waals surface area contributed by atoms with Crippen LogP contribution in [-0.2, 0) is 9.53 Å². The third-order valence-electron chi connectivity index (χ3n) is 4.26. The SMILES string of the molecule is CCOC(=O)c1sc(N2N=C(C)/C(=C\c3cc(Br)c(OC)c(OC)c3)C2=O)nc1C. The van der Waals surface area contributed by atoms with Crippen molar-refractivity contribution in [3.05, 3.63) is 38.3 Å². The third-order valence-corrected chi connectivity index (χ3v) is 5.96. The van der Waals surface area contributed by atoms with E-state index in [9.17, 15) is 9.59 Å². The topological polar surface area (TPSA) is 90.3 Å². The molecule has 0 unspecified atom stereocenters. The number of rotatable bonds is 6. The Bertz CT molecular complexity index is 1080. The van der Waals surface area contributed by atoms with Crippen molar-refractivity contribution >= 4 is 56.1 Å². The second kappa shape index (κ2) is 8.97. The number of ether oxygens (including phenoxy) is 3. The van der Waals surface area contributed by atoms with Crippen LogP contribution in [0.3, 0.4) is 0 Å². The van der Waals surface area contributed by atoms with Crippen molar-refractivity contribution in [1.82, 2.24) is 4.98 Å². The first-order chi connectivity index (χ1) is 14.3. The van der Waals surface area contributed by atoms with Gasteiger partial charge in [-0.05, 0) is 60.5 Å². The number of hydrogen-bond acceptors (Lipinski definition) is 8. The fourth-order valence-electron chi connectivity index (χ4n) is 2.86. The maximum absolute atomic E-state index is 13.0. The maximum Gasteiger partial charge on any atom is 0.350 e. The number of halogens is 1. The van der Waals surface area contributed by atoms with Crippen LogP contribution in [0.4, 0.5) is 5.13 Å². The zero-order valence-electron chi connectivity index (χ0n) is 17.1. The maximum atomic E-state index is 13.0. The van der Waals surface area contributed by atoms with E-state index < -0.39 is 5.97 Å². The number of benzene rings is 1. The van der Waals surface area contributed by atoms with Crippen molar-refractivity contribution in [1.29, 1.82) is 0 Å². The Hall–Kier alpha value is -2.72. The molecule has 1 amide bonds. The van der Waals surface area contributed by atoms with Gasteiger partial charge in [-0.25, -0.2) is 9.78 Å². The lowest BCUT2D eigenvalue weighted by molar-refractivity contribution is -0.114. The number of aromatic nitrogens is 1. The molecule has 2 aromatic rings. The van der Waals surface area contributed by atoms with Crippen LogP contribution in [0.5, 0.6) is 11.5 Å². The molecule has 30 heavy (non-hydrogen) atoms. The Balaban J connectivity index is 1.94. The molecule has 158 valence electrons. The summed E-state index contributed by atoms with van der Waals surface area (Å²) < 4.78 is 16.4. The fraction of sp³-hybridized carbons (Fsp3) is 0.300. The minimum absolute atomic E-state index is 0.263. The van der Waals surface area contributed by atoms with Crippen molar-refractivity contribution in [2.75, 3.05) is 25.8 Å². The van der Waals surface area contributed by atoms with E-state index in [1.165, 1.54) is 5.01 Å². The molecule has 0 spiro atoms. The molecule has 0 bridgehead atoms. The summed E-state index contributed by atoms with van der Waals surface area (Å²) in [5.41, 5.74) is 2.19. The molecule has 3 rings (SSSR count). The van der Waals surface area contributed by atoms with Gasteiger partial charge in [0.25, 0.3) is 5.91 Å². The molecule has 1 aromatic heterocycles. The van der Waals surface area contributed by atoms with Gasteiger partial charge in [0.1, 0.15) is 4.88 Å². The van der Waals surface area contributed by atoms with Gasteiger partial charge < -0.3 is 14.2 Å². The van der Waals surface area contributed by atoms with Gasteiger partial charge in [-0.3, -0.25) is 4.79 Å². The van der Waals surface area contributed by atoms with Gasteiger partial charge in [-0.2, -0.15) is 10.1 Å². The Labute approximate surface area is 186 Å². The zero-order chi connectivity index (χ0) is 22.0. The van der Waals surface area contributed by atoms with Gasteiger partial charge >= 0.3 is 5.97 Å². The monoisotopic (exact) mass is 493 g/mol. The molecule has 1 aliphatic heterocycles. The summed E-state index contributed by atoms with van der Waals surface area (Å²) >= 11 is 4.53. The molecule has 0 N–H and O–H groups in total. The van der Waals surface area contributed by atoms with Gasteiger partial charge in [-0.15, -0.1) is 0 Å². The average Bonchev–Trinajstić information content (AvgIpc) is 3.22. The average molecular weight is 494 g/mol. The second-order valence-electron chi connectivity index (χ2n) is 6.23. The summed E-state index contributed by atoms with van der Waals surface area (Å²) in [6, 6.07) is 3.59. The normalized spacial score (nSPS) is 14.9. The smallest absolute Gasteiger partial charge is 0.350 e. The van der Waals surface area contributed by atoms with E-state index >= 15 is 0 Å². The molecular formula is C20H20BrN3O5S. The lowest BCUT2D eigenvalue weighted by atomic mass is 10.1. The van der Waals surface area contributed by atoms with E-state index in [4.69, 9.17) is 14.2 Å². The van der Waals surface area contributed by atoms with Crippen LogP contribution in [0.2, 0.25) is 0 Å². The lowest BCUT2D eigenvalue weighted by Gasteiger charge is -2.11. The number of methoxy groups -OCH3 is 2. The first-order valence-electron chi connectivity index (χ1n) is 8.98. The van der Waals surface area contributed by atoms with Crippen molar-refractivity contribution in [2.45, 2.75) is 20.8 Å². The molecule has 0 radical (unpaired) electrons. The summed E-state index contributed by atoms with van der Waals surface area (Å²) in [5, 5.41) is 5.86. The first-order valence-corrected chi connectivity index (χ1v) is 10.6. The van der Waals surface area contributed by atoms with Gasteiger partial charge in [-0.1, -0.05) is 11.3 Å². The number of carbonyl (C=O) groups excluding carboxylic acids is 2. The minimum atomic E-state index is -0.461. The Morgan fingerprint density at radius 3 is 2.63 bits per heavy atom. The Morgan fingerprint density at radius 1 is 1.27 bits per heavy atom. The van der Waals surface area contributed by atoms with E-state index in [-0.39, 0.29) is 12.5 Å². The van der Waals surface area contributed by atoms with Crippen LogP contribution >= 0.6 is 27.3 Å². The van der Waals surface area contributed by atoms with Crippen molar-refractivity contribution < 1.29 is 23.8 Å². The Kier molecular flexibility index (Phi) is 6.57. The van der Waals surface area contributed by atoms with E-state index in [1.54, 1.807) is 47.1 Å². The number of esters is 1. The van der Waals surface area contributed by atoms with E-state index in [2.05, 4.69) is 26.0 Å². The van der Waals surface area contributed by atoms with Gasteiger partial charge in [0, 0.05) is 0 Å². The lowest BCUT2D eigenvalue weighted by Crippen LogP contribution is -2.21. The number of thiazole rings is 1. The summed E-state index contributed by atoms with van der Waals surface area (Å²) in [5.74, 6) is 0.305. The van der Waals surface area contributed by atoms with E-state index in [0.29, 0.717) is 43.0 Å². The number of carbonyl (C=O) groups is 2. The highest BCUT2D eigenvalue weighted by Crippen LogP contribution is 2.37. The van der Waals surface area contributed by atoms with Crippen LogP contribution in [0.15, 0.2) is 27.3 Å². The molecule has 0 fully saturated rings. The minimum Gasteiger partial charge on any atom is -0.493 e. The third kappa shape index (κ3) is 4.10. The van der Waals surface area contributed by atoms with Crippen molar-refractivity contribution in [3.8, 4) is 11.5 Å². The molecule has 0 aliphatic carbocycles.